The largest absolute Gasteiger partial charge is 0.352 e. The van der Waals surface area contributed by atoms with E-state index in [2.05, 4.69) is 22.8 Å². The molecule has 1 aliphatic rings. The molecule has 0 saturated carbocycles. The lowest BCUT2D eigenvalue weighted by Gasteiger charge is -2.26. The van der Waals surface area contributed by atoms with Crippen LogP contribution in [0, 0.1) is 11.6 Å². The van der Waals surface area contributed by atoms with E-state index in [-0.39, 0.29) is 30.5 Å². The van der Waals surface area contributed by atoms with Gasteiger partial charge in [-0.25, -0.2) is 8.78 Å². The fraction of sp³-hybridized carbons (Fsp3) is 0.333. The number of carbonyl (C=O) groups excluding carboxylic acids is 2. The van der Waals surface area contributed by atoms with Crippen molar-refractivity contribution in [3.63, 3.8) is 0 Å². The summed E-state index contributed by atoms with van der Waals surface area (Å²) < 4.78 is 26.4. The van der Waals surface area contributed by atoms with Gasteiger partial charge in [0.1, 0.15) is 11.6 Å². The van der Waals surface area contributed by atoms with Gasteiger partial charge in [0.2, 0.25) is 5.91 Å². The van der Waals surface area contributed by atoms with Crippen LogP contribution < -0.4 is 10.6 Å². The summed E-state index contributed by atoms with van der Waals surface area (Å²) in [7, 11) is 0. The van der Waals surface area contributed by atoms with Crippen LogP contribution in [0.1, 0.15) is 53.2 Å². The molecule has 2 N–H and O–H groups in total. The number of hydrogen-bond donors (Lipinski definition) is 2. The first-order valence-corrected chi connectivity index (χ1v) is 9.15. The van der Waals surface area contributed by atoms with E-state index in [4.69, 9.17) is 0 Å². The van der Waals surface area contributed by atoms with E-state index in [0.717, 1.165) is 31.4 Å². The van der Waals surface area contributed by atoms with Crippen molar-refractivity contribution < 1.29 is 18.4 Å². The van der Waals surface area contributed by atoms with Crippen molar-refractivity contribution in [3.8, 4) is 0 Å². The molecule has 0 radical (unpaired) electrons. The minimum atomic E-state index is -0.902. The number of hydrogen-bond acceptors (Lipinski definition) is 2. The zero-order valence-corrected chi connectivity index (χ0v) is 14.9. The van der Waals surface area contributed by atoms with E-state index >= 15 is 0 Å². The quantitative estimate of drug-likeness (QED) is 0.760. The third-order valence-corrected chi connectivity index (χ3v) is 4.75. The Morgan fingerprint density at radius 2 is 1.93 bits per heavy atom. The third kappa shape index (κ3) is 4.90. The molecule has 3 rings (SSSR count). The summed E-state index contributed by atoms with van der Waals surface area (Å²) in [4.78, 5) is 24.1. The number of benzene rings is 2. The molecule has 4 nitrogen and oxygen atoms in total. The van der Waals surface area contributed by atoms with Crippen molar-refractivity contribution in [2.75, 3.05) is 6.54 Å². The summed E-state index contributed by atoms with van der Waals surface area (Å²) in [5.41, 5.74) is 2.25. The highest BCUT2D eigenvalue weighted by molar-refractivity contribution is 5.94. The van der Waals surface area contributed by atoms with Crippen LogP contribution in [0.15, 0.2) is 42.5 Å². The average molecular weight is 372 g/mol. The SMILES string of the molecule is O=C(CCCNC(=O)c1ccc(F)cc1F)NC1CCCc2ccccc21. The van der Waals surface area contributed by atoms with E-state index in [1.54, 1.807) is 0 Å². The number of amides is 2. The van der Waals surface area contributed by atoms with Gasteiger partial charge in [0.25, 0.3) is 5.91 Å². The molecule has 0 aromatic heterocycles. The predicted molar refractivity (Wildman–Crippen MR) is 98.2 cm³/mol. The van der Waals surface area contributed by atoms with Crippen LogP contribution in [-0.4, -0.2) is 18.4 Å². The molecule has 0 fully saturated rings. The molecule has 27 heavy (non-hydrogen) atoms. The molecule has 142 valence electrons. The highest BCUT2D eigenvalue weighted by Gasteiger charge is 2.21. The first-order chi connectivity index (χ1) is 13.0. The minimum Gasteiger partial charge on any atom is -0.352 e. The Bertz CT molecular complexity index is 839. The van der Waals surface area contributed by atoms with Crippen molar-refractivity contribution in [1.82, 2.24) is 10.6 Å². The third-order valence-electron chi connectivity index (χ3n) is 4.75. The van der Waals surface area contributed by atoms with Gasteiger partial charge in [-0.1, -0.05) is 24.3 Å². The number of rotatable bonds is 6. The van der Waals surface area contributed by atoms with Gasteiger partial charge in [0.05, 0.1) is 11.6 Å². The van der Waals surface area contributed by atoms with Crippen LogP contribution in [0.2, 0.25) is 0 Å². The summed E-state index contributed by atoms with van der Waals surface area (Å²) in [6, 6.07) is 11.0. The standard InChI is InChI=1S/C21H22F2N2O2/c22-15-10-11-17(18(23)13-15)21(27)24-12-4-9-20(26)25-19-8-3-6-14-5-1-2-7-16(14)19/h1-2,5,7,10-11,13,19H,3-4,6,8-9,12H2,(H,24,27)(H,25,26). The number of halogens is 2. The minimum absolute atomic E-state index is 0.0327. The maximum Gasteiger partial charge on any atom is 0.254 e. The van der Waals surface area contributed by atoms with E-state index in [0.29, 0.717) is 12.5 Å². The molecule has 1 unspecified atom stereocenters. The fourth-order valence-corrected chi connectivity index (χ4v) is 3.39. The van der Waals surface area contributed by atoms with Crippen LogP contribution in [0.4, 0.5) is 8.78 Å². The van der Waals surface area contributed by atoms with E-state index < -0.39 is 17.5 Å². The lowest BCUT2D eigenvalue weighted by molar-refractivity contribution is -0.122. The average Bonchev–Trinajstić information content (AvgIpc) is 2.65. The highest BCUT2D eigenvalue weighted by atomic mass is 19.1. The van der Waals surface area contributed by atoms with Gasteiger partial charge in [-0.2, -0.15) is 0 Å². The van der Waals surface area contributed by atoms with Crippen LogP contribution >= 0.6 is 0 Å². The highest BCUT2D eigenvalue weighted by Crippen LogP contribution is 2.29. The second kappa shape index (κ2) is 8.75. The summed E-state index contributed by atoms with van der Waals surface area (Å²) in [5.74, 6) is -2.32. The Hall–Kier alpha value is -2.76. The molecule has 2 aromatic carbocycles. The second-order valence-electron chi connectivity index (χ2n) is 6.69. The zero-order valence-electron chi connectivity index (χ0n) is 14.9. The lowest BCUT2D eigenvalue weighted by Crippen LogP contribution is -2.32. The summed E-state index contributed by atoms with van der Waals surface area (Å²) in [6.07, 6.45) is 3.71. The Balaban J connectivity index is 1.43. The number of fused-ring (bicyclic) bond motifs is 1. The molecule has 0 bridgehead atoms. The first-order valence-electron chi connectivity index (χ1n) is 9.15. The molecule has 0 saturated heterocycles. The van der Waals surface area contributed by atoms with Gasteiger partial charge in [-0.3, -0.25) is 9.59 Å². The molecule has 0 heterocycles. The van der Waals surface area contributed by atoms with Gasteiger partial charge < -0.3 is 10.6 Å². The maximum atomic E-state index is 13.6. The van der Waals surface area contributed by atoms with Crippen LogP contribution in [0.5, 0.6) is 0 Å². The predicted octanol–water partition coefficient (Wildman–Crippen LogP) is 3.67. The molecule has 0 aliphatic heterocycles. The lowest BCUT2D eigenvalue weighted by atomic mass is 9.87. The molecule has 0 spiro atoms. The van der Waals surface area contributed by atoms with Gasteiger partial charge in [0.15, 0.2) is 0 Å². The molecule has 1 aliphatic carbocycles. The normalized spacial score (nSPS) is 15.7. The monoisotopic (exact) mass is 372 g/mol. The number of nitrogens with one attached hydrogen (secondary N) is 2. The van der Waals surface area contributed by atoms with E-state index in [1.165, 1.54) is 11.1 Å². The van der Waals surface area contributed by atoms with Crippen molar-refractivity contribution in [2.24, 2.45) is 0 Å². The number of carbonyl (C=O) groups is 2. The molecular weight excluding hydrogens is 350 g/mol. The molecule has 2 amide bonds. The van der Waals surface area contributed by atoms with Gasteiger partial charge >= 0.3 is 0 Å². The summed E-state index contributed by atoms with van der Waals surface area (Å²) in [5, 5.41) is 5.61. The molecule has 1 atom stereocenters. The Labute approximate surface area is 157 Å². The van der Waals surface area contributed by atoms with Crippen molar-refractivity contribution in [3.05, 3.63) is 70.8 Å². The van der Waals surface area contributed by atoms with E-state index in [9.17, 15) is 18.4 Å². The Morgan fingerprint density at radius 3 is 2.74 bits per heavy atom. The zero-order chi connectivity index (χ0) is 19.2. The van der Waals surface area contributed by atoms with Gasteiger partial charge in [-0.05, 0) is 48.9 Å². The van der Waals surface area contributed by atoms with Crippen molar-refractivity contribution in [1.29, 1.82) is 0 Å². The fourth-order valence-electron chi connectivity index (χ4n) is 3.39. The van der Waals surface area contributed by atoms with Crippen molar-refractivity contribution >= 4 is 11.8 Å². The van der Waals surface area contributed by atoms with Gasteiger partial charge in [0, 0.05) is 19.0 Å². The number of aryl methyl sites for hydroxylation is 1. The maximum absolute atomic E-state index is 13.6. The topological polar surface area (TPSA) is 58.2 Å². The smallest absolute Gasteiger partial charge is 0.254 e. The molecule has 2 aromatic rings. The molecule has 6 heteroatoms. The van der Waals surface area contributed by atoms with Gasteiger partial charge in [-0.15, -0.1) is 0 Å². The first kappa shape index (κ1) is 19.0. The van der Waals surface area contributed by atoms with Crippen LogP contribution in [-0.2, 0) is 11.2 Å². The Kier molecular flexibility index (Phi) is 6.16. The second-order valence-corrected chi connectivity index (χ2v) is 6.69. The van der Waals surface area contributed by atoms with Crippen LogP contribution in [0.3, 0.4) is 0 Å². The van der Waals surface area contributed by atoms with Crippen LogP contribution in [0.25, 0.3) is 0 Å². The Morgan fingerprint density at radius 1 is 1.11 bits per heavy atom. The van der Waals surface area contributed by atoms with E-state index in [1.807, 2.05) is 12.1 Å². The molecular formula is C21H22F2N2O2. The summed E-state index contributed by atoms with van der Waals surface area (Å²) >= 11 is 0. The van der Waals surface area contributed by atoms with Crippen molar-refractivity contribution in [2.45, 2.75) is 38.1 Å². The summed E-state index contributed by atoms with van der Waals surface area (Å²) in [6.45, 7) is 0.240.